The van der Waals surface area contributed by atoms with Gasteiger partial charge < -0.3 is 5.11 Å². The van der Waals surface area contributed by atoms with E-state index in [2.05, 4.69) is 4.98 Å². The van der Waals surface area contributed by atoms with E-state index in [1.807, 2.05) is 0 Å². The molecule has 1 N–H and O–H groups in total. The van der Waals surface area contributed by atoms with Crippen LogP contribution in [0.3, 0.4) is 0 Å². The summed E-state index contributed by atoms with van der Waals surface area (Å²) in [7, 11) is -2.56. The molecule has 102 valence electrons. The number of aromatic nitrogens is 1. The highest BCUT2D eigenvalue weighted by atomic mass is 32.2. The standard InChI is InChI=1S/C11H13N3O4S/c1-8(11(15)16)7-14(2)19(17,18)10-3-9(4-12)5-13-6-10/h3,5-6,8H,7H2,1-2H3,(H,15,16). The third-order valence-corrected chi connectivity index (χ3v) is 4.29. The molecule has 7 nitrogen and oxygen atoms in total. The molecule has 1 unspecified atom stereocenters. The van der Waals surface area contributed by atoms with Gasteiger partial charge in [-0.05, 0) is 6.07 Å². The lowest BCUT2D eigenvalue weighted by Gasteiger charge is -2.19. The fraction of sp³-hybridized carbons (Fsp3) is 0.364. The van der Waals surface area contributed by atoms with Crippen LogP contribution in [-0.4, -0.2) is 42.4 Å². The Morgan fingerprint density at radius 2 is 2.21 bits per heavy atom. The molecule has 19 heavy (non-hydrogen) atoms. The third kappa shape index (κ3) is 3.49. The Bertz CT molecular complexity index is 621. The molecule has 0 radical (unpaired) electrons. The number of hydrogen-bond donors (Lipinski definition) is 1. The molecular formula is C11H13N3O4S. The van der Waals surface area contributed by atoms with E-state index in [0.29, 0.717) is 0 Å². The number of hydrogen-bond acceptors (Lipinski definition) is 5. The number of pyridine rings is 1. The van der Waals surface area contributed by atoms with Crippen molar-refractivity contribution in [1.29, 1.82) is 5.26 Å². The Morgan fingerprint density at radius 3 is 2.74 bits per heavy atom. The topological polar surface area (TPSA) is 111 Å². The van der Waals surface area contributed by atoms with Gasteiger partial charge in [0.25, 0.3) is 0 Å². The van der Waals surface area contributed by atoms with Crippen LogP contribution in [0.5, 0.6) is 0 Å². The maximum absolute atomic E-state index is 12.1. The van der Waals surface area contributed by atoms with Gasteiger partial charge in [0.1, 0.15) is 11.0 Å². The van der Waals surface area contributed by atoms with Crippen LogP contribution in [0, 0.1) is 17.2 Å². The van der Waals surface area contributed by atoms with Crippen LogP contribution in [0.2, 0.25) is 0 Å². The third-order valence-electron chi connectivity index (χ3n) is 2.50. The highest BCUT2D eigenvalue weighted by molar-refractivity contribution is 7.89. The molecule has 0 fully saturated rings. The van der Waals surface area contributed by atoms with Crippen molar-refractivity contribution in [3.05, 3.63) is 24.0 Å². The van der Waals surface area contributed by atoms with E-state index in [0.717, 1.165) is 10.5 Å². The monoisotopic (exact) mass is 283 g/mol. The Labute approximate surface area is 111 Å². The fourth-order valence-corrected chi connectivity index (χ4v) is 2.61. The van der Waals surface area contributed by atoms with Gasteiger partial charge in [0.05, 0.1) is 11.5 Å². The summed E-state index contributed by atoms with van der Waals surface area (Å²) in [5.41, 5.74) is 0.126. The smallest absolute Gasteiger partial charge is 0.307 e. The average Bonchev–Trinajstić information content (AvgIpc) is 2.38. The van der Waals surface area contributed by atoms with E-state index in [4.69, 9.17) is 10.4 Å². The molecular weight excluding hydrogens is 270 g/mol. The van der Waals surface area contributed by atoms with Gasteiger partial charge >= 0.3 is 5.97 Å². The minimum absolute atomic E-state index is 0.126. The summed E-state index contributed by atoms with van der Waals surface area (Å²) in [6, 6.07) is 3.00. The Balaban J connectivity index is 3.03. The quantitative estimate of drug-likeness (QED) is 0.831. The van der Waals surface area contributed by atoms with E-state index < -0.39 is 21.9 Å². The minimum atomic E-state index is -3.84. The summed E-state index contributed by atoms with van der Waals surface area (Å²) in [5.74, 6) is -1.90. The first-order chi connectivity index (χ1) is 8.78. The lowest BCUT2D eigenvalue weighted by molar-refractivity contribution is -0.141. The van der Waals surface area contributed by atoms with Gasteiger partial charge in [-0.25, -0.2) is 12.7 Å². The number of aliphatic carboxylic acids is 1. The van der Waals surface area contributed by atoms with Gasteiger partial charge in [-0.1, -0.05) is 6.92 Å². The van der Waals surface area contributed by atoms with E-state index in [-0.39, 0.29) is 17.0 Å². The van der Waals surface area contributed by atoms with Gasteiger partial charge in [0.15, 0.2) is 0 Å². The summed E-state index contributed by atoms with van der Waals surface area (Å²) < 4.78 is 25.2. The predicted octanol–water partition coefficient (Wildman–Crippen LogP) is 0.294. The zero-order chi connectivity index (χ0) is 14.6. The van der Waals surface area contributed by atoms with Gasteiger partial charge in [-0.15, -0.1) is 0 Å². The Hall–Kier alpha value is -1.98. The van der Waals surface area contributed by atoms with Crippen LogP contribution in [-0.2, 0) is 14.8 Å². The largest absolute Gasteiger partial charge is 0.481 e. The summed E-state index contributed by atoms with van der Waals surface area (Å²) in [6.07, 6.45) is 2.37. The van der Waals surface area contributed by atoms with Crippen LogP contribution in [0.4, 0.5) is 0 Å². The Morgan fingerprint density at radius 1 is 1.58 bits per heavy atom. The fourth-order valence-electron chi connectivity index (χ4n) is 1.36. The molecule has 0 aromatic carbocycles. The molecule has 0 aliphatic rings. The molecule has 0 aliphatic heterocycles. The van der Waals surface area contributed by atoms with Crippen LogP contribution >= 0.6 is 0 Å². The summed E-state index contributed by atoms with van der Waals surface area (Å²) in [6.45, 7) is 1.26. The highest BCUT2D eigenvalue weighted by Crippen LogP contribution is 2.15. The summed E-state index contributed by atoms with van der Waals surface area (Å²) in [5, 5.41) is 17.5. The molecule has 0 spiro atoms. The van der Waals surface area contributed by atoms with Crippen molar-refractivity contribution in [2.45, 2.75) is 11.8 Å². The molecule has 8 heteroatoms. The first kappa shape index (κ1) is 15.1. The Kier molecular flexibility index (Phi) is 4.58. The maximum Gasteiger partial charge on any atom is 0.307 e. The van der Waals surface area contributed by atoms with E-state index in [9.17, 15) is 13.2 Å². The second-order valence-corrected chi connectivity index (χ2v) is 6.09. The van der Waals surface area contributed by atoms with Crippen LogP contribution < -0.4 is 0 Å². The normalized spacial score (nSPS) is 12.9. The lowest BCUT2D eigenvalue weighted by atomic mass is 10.2. The number of carboxylic acids is 1. The van der Waals surface area contributed by atoms with E-state index >= 15 is 0 Å². The second kappa shape index (κ2) is 5.77. The summed E-state index contributed by atoms with van der Waals surface area (Å²) >= 11 is 0. The van der Waals surface area contributed by atoms with Crippen molar-refractivity contribution in [3.63, 3.8) is 0 Å². The molecule has 0 amide bonds. The number of sulfonamides is 1. The van der Waals surface area contributed by atoms with Crippen molar-refractivity contribution in [1.82, 2.24) is 9.29 Å². The zero-order valence-corrected chi connectivity index (χ0v) is 11.3. The molecule has 0 aliphatic carbocycles. The number of nitriles is 1. The molecule has 0 saturated carbocycles. The molecule has 1 atom stereocenters. The molecule has 1 aromatic rings. The van der Waals surface area contributed by atoms with Crippen molar-refractivity contribution < 1.29 is 18.3 Å². The predicted molar refractivity (Wildman–Crippen MR) is 65.6 cm³/mol. The molecule has 1 heterocycles. The van der Waals surface area contributed by atoms with Gasteiger partial charge in [-0.2, -0.15) is 5.26 Å². The lowest BCUT2D eigenvalue weighted by Crippen LogP contribution is -2.33. The first-order valence-corrected chi connectivity index (χ1v) is 6.77. The number of rotatable bonds is 5. The SMILES string of the molecule is CC(CN(C)S(=O)(=O)c1cncc(C#N)c1)C(=O)O. The van der Waals surface area contributed by atoms with Crippen LogP contribution in [0.1, 0.15) is 12.5 Å². The minimum Gasteiger partial charge on any atom is -0.481 e. The highest BCUT2D eigenvalue weighted by Gasteiger charge is 2.25. The first-order valence-electron chi connectivity index (χ1n) is 5.33. The van der Waals surface area contributed by atoms with E-state index in [1.54, 1.807) is 6.07 Å². The van der Waals surface area contributed by atoms with Crippen LogP contribution in [0.25, 0.3) is 0 Å². The number of nitrogens with zero attached hydrogens (tertiary/aromatic N) is 3. The van der Waals surface area contributed by atoms with Crippen molar-refractivity contribution in [3.8, 4) is 6.07 Å². The molecule has 0 bridgehead atoms. The van der Waals surface area contributed by atoms with Crippen molar-refractivity contribution in [2.24, 2.45) is 5.92 Å². The number of carbonyl (C=O) groups is 1. The molecule has 0 saturated heterocycles. The van der Waals surface area contributed by atoms with Crippen LogP contribution in [0.15, 0.2) is 23.4 Å². The van der Waals surface area contributed by atoms with Gasteiger partial charge in [0, 0.05) is 26.0 Å². The summed E-state index contributed by atoms with van der Waals surface area (Å²) in [4.78, 5) is 14.3. The van der Waals surface area contributed by atoms with Crippen molar-refractivity contribution >= 4 is 16.0 Å². The number of carboxylic acid groups (broad SMARTS) is 1. The van der Waals surface area contributed by atoms with Crippen molar-refractivity contribution in [2.75, 3.05) is 13.6 Å². The molecule has 1 rings (SSSR count). The average molecular weight is 283 g/mol. The van der Waals surface area contributed by atoms with Gasteiger partial charge in [0.2, 0.25) is 10.0 Å². The zero-order valence-electron chi connectivity index (χ0n) is 10.4. The molecule has 1 aromatic heterocycles. The van der Waals surface area contributed by atoms with E-state index in [1.165, 1.54) is 26.2 Å². The second-order valence-electron chi connectivity index (χ2n) is 4.05. The maximum atomic E-state index is 12.1. The van der Waals surface area contributed by atoms with Gasteiger partial charge in [-0.3, -0.25) is 9.78 Å².